The molecule has 0 spiro atoms. The van der Waals surface area contributed by atoms with Crippen LogP contribution in [0.4, 0.5) is 34.1 Å². The first kappa shape index (κ1) is 34.2. The largest absolute Gasteiger partial charge is 0.456 e. The Morgan fingerprint density at radius 2 is 1.08 bits per heavy atom. The van der Waals surface area contributed by atoms with E-state index in [9.17, 15) is 0 Å². The molecule has 0 atom stereocenters. The molecule has 0 aliphatic carbocycles. The zero-order valence-corrected chi connectivity index (χ0v) is 34.4. The van der Waals surface area contributed by atoms with Crippen molar-refractivity contribution in [2.24, 2.45) is 0 Å². The molecule has 0 amide bonds. The van der Waals surface area contributed by atoms with Crippen molar-refractivity contribution in [1.29, 1.82) is 0 Å². The van der Waals surface area contributed by atoms with Gasteiger partial charge in [-0.3, -0.25) is 0 Å². The van der Waals surface area contributed by atoms with Crippen LogP contribution in [-0.2, 0) is 0 Å². The normalized spacial score (nSPS) is 12.9. The molecular weight excluding hydrogens is 781 g/mol. The maximum Gasteiger partial charge on any atom is 0.333 e. The molecule has 10 aromatic carbocycles. The number of fused-ring (bicyclic) bond motifs is 15. The summed E-state index contributed by atoms with van der Waals surface area (Å²) >= 11 is 0. The third-order valence-electron chi connectivity index (χ3n) is 13.9. The van der Waals surface area contributed by atoms with Gasteiger partial charge in [0.1, 0.15) is 16.7 Å². The Bertz CT molecular complexity index is 4070. The van der Waals surface area contributed by atoms with Crippen LogP contribution in [0.5, 0.6) is 0 Å². The standard InChI is InChI=1S/C58H34BN3O2/c1-3-17-37(18-4-1)60(38-19-5-2-6-20-38)39-29-30-46-49(33-39)61(47-26-14-24-42-40-21-9-11-27-51(40)64-58(42)47)50-34-53-54(43-22-10-12-28-52(43)63-53)55-44-25-13-23-41-45-31-35-15-7-8-16-36(35)32-48(45)62(57(41)44)59(46)56(50)55/h1-34H. The molecule has 0 unspecified atom stereocenters. The van der Waals surface area contributed by atoms with E-state index in [1.165, 1.54) is 54.6 Å². The molecule has 13 aromatic rings. The van der Waals surface area contributed by atoms with Crippen LogP contribution < -0.4 is 20.7 Å². The molecule has 15 rings (SSSR count). The van der Waals surface area contributed by atoms with Crippen molar-refractivity contribution in [3.05, 3.63) is 206 Å². The number of para-hydroxylation sites is 6. The predicted molar refractivity (Wildman–Crippen MR) is 267 cm³/mol. The quantitative estimate of drug-likeness (QED) is 0.166. The highest BCUT2D eigenvalue weighted by molar-refractivity contribution is 6.90. The minimum Gasteiger partial charge on any atom is -0.456 e. The van der Waals surface area contributed by atoms with Gasteiger partial charge in [0, 0.05) is 83.4 Å². The van der Waals surface area contributed by atoms with Crippen LogP contribution in [0.3, 0.4) is 0 Å². The van der Waals surface area contributed by atoms with E-state index in [1.54, 1.807) is 0 Å². The lowest BCUT2D eigenvalue weighted by Crippen LogP contribution is -2.56. The summed E-state index contributed by atoms with van der Waals surface area (Å²) in [6, 6.07) is 74.6. The first-order chi connectivity index (χ1) is 31.8. The Balaban J connectivity index is 1.13. The third kappa shape index (κ3) is 4.48. The number of aromatic nitrogens is 1. The summed E-state index contributed by atoms with van der Waals surface area (Å²) < 4.78 is 16.5. The highest BCUT2D eigenvalue weighted by Crippen LogP contribution is 2.52. The van der Waals surface area contributed by atoms with Gasteiger partial charge in [0.15, 0.2) is 5.58 Å². The lowest BCUT2D eigenvalue weighted by molar-refractivity contribution is 0.667. The van der Waals surface area contributed by atoms with E-state index in [1.807, 2.05) is 6.07 Å². The van der Waals surface area contributed by atoms with Gasteiger partial charge in [0.05, 0.1) is 5.69 Å². The number of nitrogens with zero attached hydrogens (tertiary/aromatic N) is 3. The molecule has 0 radical (unpaired) electrons. The van der Waals surface area contributed by atoms with Crippen molar-refractivity contribution in [1.82, 2.24) is 4.48 Å². The van der Waals surface area contributed by atoms with Crippen molar-refractivity contribution < 1.29 is 8.83 Å². The predicted octanol–water partition coefficient (Wildman–Crippen LogP) is 14.6. The molecular formula is C58H34BN3O2. The van der Waals surface area contributed by atoms with Crippen LogP contribution in [0.1, 0.15) is 0 Å². The lowest BCUT2D eigenvalue weighted by atomic mass is 9.45. The van der Waals surface area contributed by atoms with E-state index in [0.29, 0.717) is 0 Å². The van der Waals surface area contributed by atoms with E-state index in [4.69, 9.17) is 8.83 Å². The summed E-state index contributed by atoms with van der Waals surface area (Å²) in [6.07, 6.45) is 0. The van der Waals surface area contributed by atoms with Gasteiger partial charge in [-0.15, -0.1) is 0 Å². The number of rotatable bonds is 4. The summed E-state index contributed by atoms with van der Waals surface area (Å²) in [5.41, 5.74) is 17.1. The van der Waals surface area contributed by atoms with Gasteiger partial charge < -0.3 is 23.1 Å². The van der Waals surface area contributed by atoms with Crippen molar-refractivity contribution in [2.45, 2.75) is 0 Å². The van der Waals surface area contributed by atoms with Crippen molar-refractivity contribution >= 4 is 128 Å². The molecule has 2 aliphatic rings. The lowest BCUT2D eigenvalue weighted by Gasteiger charge is -2.41. The second kappa shape index (κ2) is 12.6. The number of benzene rings is 10. The molecule has 64 heavy (non-hydrogen) atoms. The molecule has 0 fully saturated rings. The van der Waals surface area contributed by atoms with E-state index in [2.05, 4.69) is 214 Å². The SMILES string of the molecule is c1ccc(N(c2ccccc2)c2ccc3c(c2)N(c2cccc4c2oc2ccccc24)c2cc4oc5ccccc5c4c4c2B3n2c3cc5ccccc5cc3c3cccc-4c32)cc1. The first-order valence-electron chi connectivity index (χ1n) is 22.0. The third-order valence-corrected chi connectivity index (χ3v) is 13.9. The molecule has 296 valence electrons. The molecule has 3 aromatic heterocycles. The number of hydrogen-bond donors (Lipinski definition) is 0. The van der Waals surface area contributed by atoms with Crippen LogP contribution in [0.2, 0.25) is 0 Å². The fourth-order valence-electron chi connectivity index (χ4n) is 11.3. The van der Waals surface area contributed by atoms with Gasteiger partial charge in [0.25, 0.3) is 0 Å². The molecule has 0 N–H and O–H groups in total. The van der Waals surface area contributed by atoms with Crippen LogP contribution >= 0.6 is 0 Å². The summed E-state index contributed by atoms with van der Waals surface area (Å²) in [4.78, 5) is 4.82. The number of furan rings is 2. The van der Waals surface area contributed by atoms with Crippen LogP contribution in [-0.4, -0.2) is 11.3 Å². The van der Waals surface area contributed by atoms with Crippen molar-refractivity contribution in [3.8, 4) is 11.1 Å². The Morgan fingerprint density at radius 1 is 0.422 bits per heavy atom. The summed E-state index contributed by atoms with van der Waals surface area (Å²) in [6.45, 7) is -0.170. The second-order valence-electron chi connectivity index (χ2n) is 17.2. The Morgan fingerprint density at radius 3 is 1.88 bits per heavy atom. The zero-order valence-electron chi connectivity index (χ0n) is 34.4. The molecule has 2 aliphatic heterocycles. The maximum atomic E-state index is 6.94. The molecule has 5 nitrogen and oxygen atoms in total. The van der Waals surface area contributed by atoms with Gasteiger partial charge in [0.2, 0.25) is 0 Å². The molecule has 6 heteroatoms. The van der Waals surface area contributed by atoms with Crippen LogP contribution in [0.25, 0.3) is 87.6 Å². The summed E-state index contributed by atoms with van der Waals surface area (Å²) in [5.74, 6) is 0. The maximum absolute atomic E-state index is 6.94. The number of anilines is 6. The summed E-state index contributed by atoms with van der Waals surface area (Å²) in [7, 11) is 0. The highest BCUT2D eigenvalue weighted by Gasteiger charge is 2.45. The number of hydrogen-bond acceptors (Lipinski definition) is 4. The van der Waals surface area contributed by atoms with Crippen LogP contribution in [0.15, 0.2) is 215 Å². The highest BCUT2D eigenvalue weighted by atomic mass is 16.3. The second-order valence-corrected chi connectivity index (χ2v) is 17.2. The molecule has 0 saturated carbocycles. The van der Waals surface area contributed by atoms with Gasteiger partial charge in [-0.1, -0.05) is 133 Å². The smallest absolute Gasteiger partial charge is 0.333 e. The van der Waals surface area contributed by atoms with Gasteiger partial charge in [-0.05, 0) is 94.0 Å². The Kier molecular flexibility index (Phi) is 6.70. The minimum absolute atomic E-state index is 0.170. The average molecular weight is 816 g/mol. The van der Waals surface area contributed by atoms with E-state index >= 15 is 0 Å². The topological polar surface area (TPSA) is 37.7 Å². The first-order valence-corrected chi connectivity index (χ1v) is 22.0. The van der Waals surface area contributed by atoms with Gasteiger partial charge in [-0.25, -0.2) is 0 Å². The van der Waals surface area contributed by atoms with E-state index in [0.717, 1.165) is 78.0 Å². The average Bonchev–Trinajstić information content (AvgIpc) is 4.02. The fourth-order valence-corrected chi connectivity index (χ4v) is 11.3. The Labute approximate surface area is 367 Å². The van der Waals surface area contributed by atoms with Crippen molar-refractivity contribution in [2.75, 3.05) is 9.80 Å². The zero-order chi connectivity index (χ0) is 41.6. The van der Waals surface area contributed by atoms with Gasteiger partial charge >= 0.3 is 6.85 Å². The molecule has 0 saturated heterocycles. The van der Waals surface area contributed by atoms with Gasteiger partial charge in [-0.2, -0.15) is 0 Å². The van der Waals surface area contributed by atoms with E-state index < -0.39 is 0 Å². The molecule has 0 bridgehead atoms. The summed E-state index contributed by atoms with van der Waals surface area (Å²) in [5, 5.41) is 9.42. The van der Waals surface area contributed by atoms with Crippen LogP contribution in [0, 0.1) is 0 Å². The van der Waals surface area contributed by atoms with E-state index in [-0.39, 0.29) is 6.85 Å². The molecule has 5 heterocycles. The Hall–Kier alpha value is -8.48. The minimum atomic E-state index is -0.170. The van der Waals surface area contributed by atoms with Crippen molar-refractivity contribution in [3.63, 3.8) is 0 Å². The monoisotopic (exact) mass is 815 g/mol. The fraction of sp³-hybridized carbons (Fsp3) is 0.